The Morgan fingerprint density at radius 3 is 2.80 bits per heavy atom. The van der Waals surface area contributed by atoms with Crippen molar-refractivity contribution in [3.05, 3.63) is 6.33 Å². The van der Waals surface area contributed by atoms with E-state index in [2.05, 4.69) is 28.8 Å². The number of nitrogen functional groups attached to an aromatic ring is 2. The standard InChI is InChI=1S/C9H14N6/c1-3-5(2)15-4-12-6-7(10)13-9(11)14-8(6)15/h4-5H,3H2,1-2H3,(H4,10,11,13,14). The summed E-state index contributed by atoms with van der Waals surface area (Å²) in [4.78, 5) is 12.2. The number of fused-ring (bicyclic) bond motifs is 1. The lowest BCUT2D eigenvalue weighted by Crippen LogP contribution is -2.06. The summed E-state index contributed by atoms with van der Waals surface area (Å²) in [6.45, 7) is 4.19. The quantitative estimate of drug-likeness (QED) is 0.763. The molecular weight excluding hydrogens is 192 g/mol. The van der Waals surface area contributed by atoms with Crippen molar-refractivity contribution in [3.63, 3.8) is 0 Å². The molecule has 6 nitrogen and oxygen atoms in total. The highest BCUT2D eigenvalue weighted by molar-refractivity contribution is 5.82. The Morgan fingerprint density at radius 2 is 2.13 bits per heavy atom. The average molecular weight is 206 g/mol. The van der Waals surface area contributed by atoms with Gasteiger partial charge in [-0.2, -0.15) is 9.97 Å². The maximum absolute atomic E-state index is 5.71. The third-order valence-corrected chi connectivity index (χ3v) is 2.53. The second kappa shape index (κ2) is 3.38. The molecule has 0 aromatic carbocycles. The van der Waals surface area contributed by atoms with Gasteiger partial charge < -0.3 is 16.0 Å². The summed E-state index contributed by atoms with van der Waals surface area (Å²) >= 11 is 0. The molecule has 2 heterocycles. The number of nitrogens with zero attached hydrogens (tertiary/aromatic N) is 4. The fourth-order valence-corrected chi connectivity index (χ4v) is 1.48. The Morgan fingerprint density at radius 1 is 1.40 bits per heavy atom. The molecule has 6 heteroatoms. The van der Waals surface area contributed by atoms with E-state index in [4.69, 9.17) is 11.5 Å². The number of aromatic nitrogens is 4. The normalized spacial score (nSPS) is 13.2. The lowest BCUT2D eigenvalue weighted by atomic mass is 10.2. The first-order chi connectivity index (χ1) is 7.13. The van der Waals surface area contributed by atoms with Gasteiger partial charge in [0.15, 0.2) is 11.5 Å². The van der Waals surface area contributed by atoms with E-state index >= 15 is 0 Å². The molecule has 80 valence electrons. The number of nitrogens with two attached hydrogens (primary N) is 2. The molecule has 2 rings (SSSR count). The number of hydrogen-bond donors (Lipinski definition) is 2. The molecule has 15 heavy (non-hydrogen) atoms. The zero-order valence-corrected chi connectivity index (χ0v) is 8.81. The molecule has 1 unspecified atom stereocenters. The second-order valence-electron chi connectivity index (χ2n) is 3.55. The van der Waals surface area contributed by atoms with Crippen LogP contribution in [-0.4, -0.2) is 19.5 Å². The van der Waals surface area contributed by atoms with Gasteiger partial charge in [-0.25, -0.2) is 4.98 Å². The van der Waals surface area contributed by atoms with E-state index in [1.54, 1.807) is 6.33 Å². The van der Waals surface area contributed by atoms with E-state index in [-0.39, 0.29) is 5.95 Å². The Labute approximate surface area is 87.3 Å². The lowest BCUT2D eigenvalue weighted by Gasteiger charge is -2.10. The van der Waals surface area contributed by atoms with Crippen LogP contribution in [0.1, 0.15) is 26.3 Å². The van der Waals surface area contributed by atoms with Crippen molar-refractivity contribution in [2.24, 2.45) is 0 Å². The van der Waals surface area contributed by atoms with Gasteiger partial charge in [-0.3, -0.25) is 0 Å². The maximum atomic E-state index is 5.71. The van der Waals surface area contributed by atoms with Gasteiger partial charge in [0, 0.05) is 6.04 Å². The third kappa shape index (κ3) is 1.47. The van der Waals surface area contributed by atoms with Crippen LogP contribution < -0.4 is 11.5 Å². The monoisotopic (exact) mass is 206 g/mol. The van der Waals surface area contributed by atoms with Crippen molar-refractivity contribution in [1.82, 2.24) is 19.5 Å². The van der Waals surface area contributed by atoms with Gasteiger partial charge in [0.05, 0.1) is 6.33 Å². The molecule has 2 aromatic heterocycles. The third-order valence-electron chi connectivity index (χ3n) is 2.53. The first kappa shape index (κ1) is 9.70. The van der Waals surface area contributed by atoms with E-state index in [0.717, 1.165) is 6.42 Å². The number of imidazole rings is 1. The van der Waals surface area contributed by atoms with Crippen molar-refractivity contribution in [3.8, 4) is 0 Å². The van der Waals surface area contributed by atoms with Gasteiger partial charge in [0.25, 0.3) is 0 Å². The van der Waals surface area contributed by atoms with Crippen LogP contribution in [0.15, 0.2) is 6.33 Å². The molecule has 0 bridgehead atoms. The van der Waals surface area contributed by atoms with Crippen LogP contribution in [-0.2, 0) is 0 Å². The smallest absolute Gasteiger partial charge is 0.224 e. The zero-order chi connectivity index (χ0) is 11.0. The molecular formula is C9H14N6. The van der Waals surface area contributed by atoms with Crippen LogP contribution >= 0.6 is 0 Å². The van der Waals surface area contributed by atoms with Gasteiger partial charge in [0.2, 0.25) is 5.95 Å². The highest BCUT2D eigenvalue weighted by Crippen LogP contribution is 2.21. The Bertz CT molecular complexity index is 489. The van der Waals surface area contributed by atoms with Crippen LogP contribution in [0.2, 0.25) is 0 Å². The Kier molecular flexibility index (Phi) is 2.18. The summed E-state index contributed by atoms with van der Waals surface area (Å²) in [5.41, 5.74) is 12.6. The van der Waals surface area contributed by atoms with Crippen LogP contribution in [0, 0.1) is 0 Å². The van der Waals surface area contributed by atoms with Crippen LogP contribution in [0.5, 0.6) is 0 Å². The van der Waals surface area contributed by atoms with Gasteiger partial charge in [-0.05, 0) is 13.3 Å². The van der Waals surface area contributed by atoms with Gasteiger partial charge in [0.1, 0.15) is 5.52 Å². The molecule has 0 fully saturated rings. The largest absolute Gasteiger partial charge is 0.382 e. The molecule has 0 aliphatic rings. The highest BCUT2D eigenvalue weighted by atomic mass is 15.2. The second-order valence-corrected chi connectivity index (χ2v) is 3.55. The van der Waals surface area contributed by atoms with E-state index in [9.17, 15) is 0 Å². The van der Waals surface area contributed by atoms with Crippen molar-refractivity contribution in [2.45, 2.75) is 26.3 Å². The SMILES string of the molecule is CCC(C)n1cnc2c(N)nc(N)nc21. The van der Waals surface area contributed by atoms with Crippen molar-refractivity contribution in [1.29, 1.82) is 0 Å². The predicted octanol–water partition coefficient (Wildman–Crippen LogP) is 0.962. The van der Waals surface area contributed by atoms with Crippen LogP contribution in [0.3, 0.4) is 0 Å². The van der Waals surface area contributed by atoms with E-state index < -0.39 is 0 Å². The molecule has 4 N–H and O–H groups in total. The minimum absolute atomic E-state index is 0.185. The first-order valence-electron chi connectivity index (χ1n) is 4.89. The molecule has 0 aliphatic carbocycles. The molecule has 0 amide bonds. The minimum atomic E-state index is 0.185. The van der Waals surface area contributed by atoms with E-state index in [1.807, 2.05) is 4.57 Å². The molecule has 1 atom stereocenters. The number of anilines is 2. The Hall–Kier alpha value is -1.85. The highest BCUT2D eigenvalue weighted by Gasteiger charge is 2.12. The van der Waals surface area contributed by atoms with Crippen LogP contribution in [0.4, 0.5) is 11.8 Å². The summed E-state index contributed by atoms with van der Waals surface area (Å²) in [7, 11) is 0. The lowest BCUT2D eigenvalue weighted by molar-refractivity contribution is 0.541. The topological polar surface area (TPSA) is 95.6 Å². The Balaban J connectivity index is 2.68. The van der Waals surface area contributed by atoms with Crippen molar-refractivity contribution < 1.29 is 0 Å². The van der Waals surface area contributed by atoms with Gasteiger partial charge in [-0.15, -0.1) is 0 Å². The molecule has 0 saturated carbocycles. The van der Waals surface area contributed by atoms with E-state index in [1.165, 1.54) is 0 Å². The summed E-state index contributed by atoms with van der Waals surface area (Å²) in [5.74, 6) is 0.518. The minimum Gasteiger partial charge on any atom is -0.382 e. The molecule has 0 spiro atoms. The summed E-state index contributed by atoms with van der Waals surface area (Å²) in [5, 5.41) is 0. The number of rotatable bonds is 2. The first-order valence-corrected chi connectivity index (χ1v) is 4.89. The fraction of sp³-hybridized carbons (Fsp3) is 0.444. The number of hydrogen-bond acceptors (Lipinski definition) is 5. The van der Waals surface area contributed by atoms with E-state index in [0.29, 0.717) is 23.0 Å². The van der Waals surface area contributed by atoms with Crippen molar-refractivity contribution in [2.75, 3.05) is 11.5 Å². The fourth-order valence-electron chi connectivity index (χ4n) is 1.48. The molecule has 0 radical (unpaired) electrons. The summed E-state index contributed by atoms with van der Waals surface area (Å²) in [6.07, 6.45) is 2.72. The summed E-state index contributed by atoms with van der Waals surface area (Å²) < 4.78 is 1.96. The predicted molar refractivity (Wildman–Crippen MR) is 59.1 cm³/mol. The van der Waals surface area contributed by atoms with Crippen molar-refractivity contribution >= 4 is 22.9 Å². The van der Waals surface area contributed by atoms with Gasteiger partial charge in [-0.1, -0.05) is 6.92 Å². The molecule has 0 saturated heterocycles. The van der Waals surface area contributed by atoms with Gasteiger partial charge >= 0.3 is 0 Å². The molecule has 0 aliphatic heterocycles. The molecule has 2 aromatic rings. The summed E-state index contributed by atoms with van der Waals surface area (Å²) in [6, 6.07) is 0.323. The zero-order valence-electron chi connectivity index (χ0n) is 8.81. The van der Waals surface area contributed by atoms with Crippen LogP contribution in [0.25, 0.3) is 11.2 Å². The maximum Gasteiger partial charge on any atom is 0.224 e. The average Bonchev–Trinajstić information content (AvgIpc) is 2.60.